The van der Waals surface area contributed by atoms with Gasteiger partial charge < -0.3 is 10.4 Å². The van der Waals surface area contributed by atoms with Gasteiger partial charge in [0.15, 0.2) is 0 Å². The second kappa shape index (κ2) is 9.01. The van der Waals surface area contributed by atoms with Gasteiger partial charge >= 0.3 is 0 Å². The molecule has 3 atom stereocenters. The van der Waals surface area contributed by atoms with Gasteiger partial charge in [-0.15, -0.1) is 0 Å². The highest BCUT2D eigenvalue weighted by Gasteiger charge is 2.40. The highest BCUT2D eigenvalue weighted by Crippen LogP contribution is 2.39. The van der Waals surface area contributed by atoms with E-state index in [0.717, 1.165) is 38.8 Å². The SMILES string of the molecule is O=C(NC[C@@]1(c2ccccc2)CC[C@H](O)[C@@H](N2CCCC2)CC1)c1cncnc1. The first-order valence-electron chi connectivity index (χ1n) is 10.7. The molecule has 0 unspecified atom stereocenters. The van der Waals surface area contributed by atoms with E-state index in [-0.39, 0.29) is 23.5 Å². The summed E-state index contributed by atoms with van der Waals surface area (Å²) in [5, 5.41) is 14.0. The summed E-state index contributed by atoms with van der Waals surface area (Å²) >= 11 is 0. The lowest BCUT2D eigenvalue weighted by Gasteiger charge is -2.34. The van der Waals surface area contributed by atoms with Crippen LogP contribution in [0, 0.1) is 0 Å². The molecule has 0 radical (unpaired) electrons. The van der Waals surface area contributed by atoms with Gasteiger partial charge in [-0.2, -0.15) is 0 Å². The van der Waals surface area contributed by atoms with Gasteiger partial charge in [0.25, 0.3) is 5.91 Å². The number of aliphatic hydroxyl groups is 1. The fourth-order valence-electron chi connectivity index (χ4n) is 4.98. The Morgan fingerprint density at radius 3 is 2.52 bits per heavy atom. The highest BCUT2D eigenvalue weighted by atomic mass is 16.3. The molecular weight excluding hydrogens is 364 g/mol. The standard InChI is InChI=1S/C23H30N4O2/c28-21-9-11-23(19-6-2-1-3-7-19,10-8-20(21)27-12-4-5-13-27)16-26-22(29)18-14-24-17-25-15-18/h1-3,6-7,14-15,17,20-21,28H,4-5,8-13,16H2,(H,26,29)/t20-,21-,23-/m0/s1. The molecule has 0 spiro atoms. The third-order valence-corrected chi connectivity index (χ3v) is 6.69. The first kappa shape index (κ1) is 20.0. The van der Waals surface area contributed by atoms with E-state index >= 15 is 0 Å². The molecule has 4 rings (SSSR count). The van der Waals surface area contributed by atoms with Crippen LogP contribution in [0.5, 0.6) is 0 Å². The number of aromatic nitrogens is 2. The predicted molar refractivity (Wildman–Crippen MR) is 112 cm³/mol. The fourth-order valence-corrected chi connectivity index (χ4v) is 4.98. The molecule has 0 bridgehead atoms. The fraction of sp³-hybridized carbons (Fsp3) is 0.522. The van der Waals surface area contributed by atoms with Crippen molar-refractivity contribution in [1.82, 2.24) is 20.2 Å². The number of amides is 1. The minimum atomic E-state index is -0.308. The zero-order valence-corrected chi connectivity index (χ0v) is 16.8. The van der Waals surface area contributed by atoms with Crippen LogP contribution in [0.15, 0.2) is 49.1 Å². The van der Waals surface area contributed by atoms with Crippen molar-refractivity contribution in [3.63, 3.8) is 0 Å². The quantitative estimate of drug-likeness (QED) is 0.762. The van der Waals surface area contributed by atoms with E-state index < -0.39 is 0 Å². The van der Waals surface area contributed by atoms with Gasteiger partial charge in [-0.25, -0.2) is 9.97 Å². The van der Waals surface area contributed by atoms with Gasteiger partial charge in [-0.05, 0) is 57.2 Å². The van der Waals surface area contributed by atoms with E-state index in [4.69, 9.17) is 0 Å². The van der Waals surface area contributed by atoms with Gasteiger partial charge in [0, 0.05) is 30.4 Å². The first-order valence-corrected chi connectivity index (χ1v) is 10.7. The van der Waals surface area contributed by atoms with Crippen molar-refractivity contribution in [1.29, 1.82) is 0 Å². The molecule has 29 heavy (non-hydrogen) atoms. The molecular formula is C23H30N4O2. The molecule has 2 aliphatic rings. The molecule has 1 aliphatic carbocycles. The lowest BCUT2D eigenvalue weighted by atomic mass is 9.74. The van der Waals surface area contributed by atoms with E-state index in [2.05, 4.69) is 44.5 Å². The van der Waals surface area contributed by atoms with Crippen LogP contribution in [0.1, 0.15) is 54.4 Å². The number of hydrogen-bond acceptors (Lipinski definition) is 5. The highest BCUT2D eigenvalue weighted by molar-refractivity contribution is 5.93. The molecule has 1 aromatic heterocycles. The van der Waals surface area contributed by atoms with Crippen LogP contribution in [-0.2, 0) is 5.41 Å². The van der Waals surface area contributed by atoms with Crippen LogP contribution in [-0.4, -0.2) is 57.7 Å². The molecule has 1 saturated carbocycles. The largest absolute Gasteiger partial charge is 0.391 e. The number of carbonyl (C=O) groups is 1. The van der Waals surface area contributed by atoms with Crippen LogP contribution in [0.3, 0.4) is 0 Å². The van der Waals surface area contributed by atoms with E-state index in [9.17, 15) is 9.90 Å². The number of nitrogens with one attached hydrogen (secondary N) is 1. The summed E-state index contributed by atoms with van der Waals surface area (Å²) in [6.07, 6.45) is 10.1. The Morgan fingerprint density at radius 2 is 1.79 bits per heavy atom. The molecule has 1 amide bonds. The minimum absolute atomic E-state index is 0.151. The molecule has 1 aromatic carbocycles. The molecule has 154 valence electrons. The predicted octanol–water partition coefficient (Wildman–Crippen LogP) is 2.54. The number of carbonyl (C=O) groups excluding carboxylic acids is 1. The lowest BCUT2D eigenvalue weighted by molar-refractivity contribution is 0.0569. The summed E-state index contributed by atoms with van der Waals surface area (Å²) in [6.45, 7) is 2.72. The Hall–Kier alpha value is -2.31. The van der Waals surface area contributed by atoms with E-state index in [1.165, 1.54) is 37.1 Å². The molecule has 6 heteroatoms. The Balaban J connectivity index is 1.54. The second-order valence-corrected chi connectivity index (χ2v) is 8.41. The van der Waals surface area contributed by atoms with Crippen molar-refractivity contribution in [2.24, 2.45) is 0 Å². The maximum atomic E-state index is 12.6. The summed E-state index contributed by atoms with van der Waals surface area (Å²) < 4.78 is 0. The van der Waals surface area contributed by atoms with E-state index in [1.807, 2.05) is 6.07 Å². The normalized spacial score (nSPS) is 28.0. The van der Waals surface area contributed by atoms with Crippen LogP contribution >= 0.6 is 0 Å². The Labute approximate surface area is 172 Å². The smallest absolute Gasteiger partial charge is 0.254 e. The van der Waals surface area contributed by atoms with Crippen LogP contribution in [0.2, 0.25) is 0 Å². The van der Waals surface area contributed by atoms with Gasteiger partial charge in [-0.3, -0.25) is 9.69 Å². The molecule has 2 aromatic rings. The summed E-state index contributed by atoms with van der Waals surface area (Å²) in [5.41, 5.74) is 1.53. The number of likely N-dealkylation sites (tertiary alicyclic amines) is 1. The topological polar surface area (TPSA) is 78.4 Å². The second-order valence-electron chi connectivity index (χ2n) is 8.41. The zero-order valence-electron chi connectivity index (χ0n) is 16.8. The number of aliphatic hydroxyl groups excluding tert-OH is 1. The number of hydrogen-bond donors (Lipinski definition) is 2. The van der Waals surface area contributed by atoms with Gasteiger partial charge in [-0.1, -0.05) is 30.3 Å². The van der Waals surface area contributed by atoms with E-state index in [1.54, 1.807) is 0 Å². The monoisotopic (exact) mass is 394 g/mol. The minimum Gasteiger partial charge on any atom is -0.391 e. The zero-order chi connectivity index (χ0) is 20.1. The first-order chi connectivity index (χ1) is 14.2. The lowest BCUT2D eigenvalue weighted by Crippen LogP contribution is -2.42. The number of benzene rings is 1. The summed E-state index contributed by atoms with van der Waals surface area (Å²) in [6, 6.07) is 10.7. The van der Waals surface area contributed by atoms with Crippen molar-refractivity contribution in [3.05, 3.63) is 60.2 Å². The molecule has 1 aliphatic heterocycles. The van der Waals surface area contributed by atoms with E-state index in [0.29, 0.717) is 12.1 Å². The maximum Gasteiger partial charge on any atom is 0.254 e. The van der Waals surface area contributed by atoms with Crippen molar-refractivity contribution in [2.75, 3.05) is 19.6 Å². The molecule has 2 heterocycles. The van der Waals surface area contributed by atoms with Gasteiger partial charge in [0.2, 0.25) is 0 Å². The van der Waals surface area contributed by atoms with Crippen molar-refractivity contribution < 1.29 is 9.90 Å². The third kappa shape index (κ3) is 4.49. The van der Waals surface area contributed by atoms with Crippen LogP contribution in [0.4, 0.5) is 0 Å². The average Bonchev–Trinajstić information content (AvgIpc) is 3.25. The van der Waals surface area contributed by atoms with Crippen LogP contribution in [0.25, 0.3) is 0 Å². The molecule has 6 nitrogen and oxygen atoms in total. The van der Waals surface area contributed by atoms with Crippen molar-refractivity contribution >= 4 is 5.91 Å². The van der Waals surface area contributed by atoms with Gasteiger partial charge in [0.05, 0.1) is 11.7 Å². The Kier molecular flexibility index (Phi) is 6.21. The average molecular weight is 395 g/mol. The van der Waals surface area contributed by atoms with Crippen molar-refractivity contribution in [3.8, 4) is 0 Å². The Bertz CT molecular complexity index is 795. The maximum absolute atomic E-state index is 12.6. The Morgan fingerprint density at radius 1 is 1.10 bits per heavy atom. The molecule has 2 fully saturated rings. The summed E-state index contributed by atoms with van der Waals surface area (Å²) in [5.74, 6) is -0.151. The van der Waals surface area contributed by atoms with Crippen molar-refractivity contribution in [2.45, 2.75) is 56.1 Å². The van der Waals surface area contributed by atoms with Gasteiger partial charge in [0.1, 0.15) is 6.33 Å². The summed E-state index contributed by atoms with van der Waals surface area (Å²) in [7, 11) is 0. The number of nitrogens with zero attached hydrogens (tertiary/aromatic N) is 3. The number of rotatable bonds is 5. The third-order valence-electron chi connectivity index (χ3n) is 6.69. The van der Waals surface area contributed by atoms with Crippen LogP contribution < -0.4 is 5.32 Å². The molecule has 1 saturated heterocycles. The summed E-state index contributed by atoms with van der Waals surface area (Å²) in [4.78, 5) is 23.0. The molecule has 2 N–H and O–H groups in total.